The average molecular weight is 205 g/mol. The molecule has 0 unspecified atom stereocenters. The van der Waals surface area contributed by atoms with E-state index in [0.717, 1.165) is 11.1 Å². The van der Waals surface area contributed by atoms with E-state index in [1.807, 2.05) is 36.4 Å². The van der Waals surface area contributed by atoms with Crippen LogP contribution in [0.5, 0.6) is 0 Å². The fourth-order valence-corrected chi connectivity index (χ4v) is 1.28. The molecule has 0 aromatic heterocycles. The van der Waals surface area contributed by atoms with Crippen molar-refractivity contribution >= 4 is 12.0 Å². The van der Waals surface area contributed by atoms with Gasteiger partial charge < -0.3 is 10.5 Å². The smallest absolute Gasteiger partial charge is 0.309 e. The number of hydrogen-bond donors (Lipinski definition) is 1. The second kappa shape index (κ2) is 5.98. The molecule has 1 rings (SSSR count). The molecule has 0 saturated heterocycles. The molecule has 1 aromatic carbocycles. The third-order valence-electron chi connectivity index (χ3n) is 2.05. The summed E-state index contributed by atoms with van der Waals surface area (Å²) in [6, 6.07) is 7.69. The molecular formula is C12H15NO2. The van der Waals surface area contributed by atoms with Gasteiger partial charge in [-0.1, -0.05) is 36.4 Å². The number of benzene rings is 1. The van der Waals surface area contributed by atoms with Crippen LogP contribution in [0.25, 0.3) is 6.08 Å². The molecule has 0 spiro atoms. The van der Waals surface area contributed by atoms with Crippen molar-refractivity contribution in [3.05, 3.63) is 41.5 Å². The molecule has 0 fully saturated rings. The summed E-state index contributed by atoms with van der Waals surface area (Å²) in [6.07, 6.45) is 4.07. The number of carbonyl (C=O) groups excluding carboxylic acids is 1. The van der Waals surface area contributed by atoms with Gasteiger partial charge in [-0.15, -0.1) is 0 Å². The topological polar surface area (TPSA) is 52.3 Å². The Hall–Kier alpha value is -1.61. The molecule has 80 valence electrons. The van der Waals surface area contributed by atoms with Crippen LogP contribution >= 0.6 is 0 Å². The van der Waals surface area contributed by atoms with Crippen LogP contribution in [-0.4, -0.2) is 19.6 Å². The molecule has 0 aliphatic carbocycles. The van der Waals surface area contributed by atoms with Crippen molar-refractivity contribution in [2.24, 2.45) is 5.73 Å². The fraction of sp³-hybridized carbons (Fsp3) is 0.250. The third-order valence-corrected chi connectivity index (χ3v) is 2.05. The zero-order chi connectivity index (χ0) is 11.1. The van der Waals surface area contributed by atoms with Crippen LogP contribution in [0.3, 0.4) is 0 Å². The van der Waals surface area contributed by atoms with Crippen LogP contribution < -0.4 is 5.73 Å². The fourth-order valence-electron chi connectivity index (χ4n) is 1.28. The second-order valence-corrected chi connectivity index (χ2v) is 3.09. The zero-order valence-electron chi connectivity index (χ0n) is 8.77. The number of esters is 1. The first-order valence-corrected chi connectivity index (χ1v) is 4.79. The standard InChI is InChI=1S/C12H15NO2/c1-15-12(14)9-11-6-3-2-5-10(11)7-4-8-13/h2-7H,8-9,13H2,1H3. The van der Waals surface area contributed by atoms with Gasteiger partial charge in [0.1, 0.15) is 0 Å². The molecule has 2 N–H and O–H groups in total. The van der Waals surface area contributed by atoms with Gasteiger partial charge in [0.05, 0.1) is 13.5 Å². The average Bonchev–Trinajstić information content (AvgIpc) is 2.28. The highest BCUT2D eigenvalue weighted by molar-refractivity contribution is 5.74. The normalized spacial score (nSPS) is 10.5. The number of rotatable bonds is 4. The number of nitrogens with two attached hydrogens (primary N) is 1. The van der Waals surface area contributed by atoms with Gasteiger partial charge in [-0.2, -0.15) is 0 Å². The predicted octanol–water partition coefficient (Wildman–Crippen LogP) is 1.37. The van der Waals surface area contributed by atoms with E-state index in [2.05, 4.69) is 4.74 Å². The van der Waals surface area contributed by atoms with E-state index >= 15 is 0 Å². The number of hydrogen-bond acceptors (Lipinski definition) is 3. The van der Waals surface area contributed by atoms with E-state index in [-0.39, 0.29) is 5.97 Å². The minimum absolute atomic E-state index is 0.233. The van der Waals surface area contributed by atoms with E-state index < -0.39 is 0 Å². The summed E-state index contributed by atoms with van der Waals surface area (Å²) in [5.74, 6) is -0.233. The molecule has 0 amide bonds. The molecule has 1 aromatic rings. The molecule has 0 heterocycles. The Morgan fingerprint density at radius 3 is 2.87 bits per heavy atom. The molecule has 0 bridgehead atoms. The summed E-state index contributed by atoms with van der Waals surface area (Å²) >= 11 is 0. The molecule has 0 aliphatic rings. The van der Waals surface area contributed by atoms with Crippen molar-refractivity contribution in [3.8, 4) is 0 Å². The Morgan fingerprint density at radius 1 is 1.47 bits per heavy atom. The first-order valence-electron chi connectivity index (χ1n) is 4.79. The van der Waals surface area contributed by atoms with Gasteiger partial charge in [0.15, 0.2) is 0 Å². The second-order valence-electron chi connectivity index (χ2n) is 3.09. The maximum atomic E-state index is 11.1. The highest BCUT2D eigenvalue weighted by Crippen LogP contribution is 2.11. The Labute approximate surface area is 89.5 Å². The van der Waals surface area contributed by atoms with E-state index in [0.29, 0.717) is 13.0 Å². The summed E-state index contributed by atoms with van der Waals surface area (Å²) in [4.78, 5) is 11.1. The molecule has 0 radical (unpaired) electrons. The molecule has 3 nitrogen and oxygen atoms in total. The SMILES string of the molecule is COC(=O)Cc1ccccc1C=CCN. The van der Waals surface area contributed by atoms with Crippen molar-refractivity contribution in [2.75, 3.05) is 13.7 Å². The highest BCUT2D eigenvalue weighted by Gasteiger charge is 2.05. The van der Waals surface area contributed by atoms with Crippen molar-refractivity contribution in [3.63, 3.8) is 0 Å². The number of ether oxygens (including phenoxy) is 1. The summed E-state index contributed by atoms with van der Waals surface area (Å²) < 4.78 is 4.63. The largest absolute Gasteiger partial charge is 0.469 e. The van der Waals surface area contributed by atoms with Gasteiger partial charge in [0.25, 0.3) is 0 Å². The monoisotopic (exact) mass is 205 g/mol. The summed E-state index contributed by atoms with van der Waals surface area (Å²) in [5.41, 5.74) is 7.34. The third kappa shape index (κ3) is 3.56. The van der Waals surface area contributed by atoms with Crippen LogP contribution in [0, 0.1) is 0 Å². The van der Waals surface area contributed by atoms with Crippen molar-refractivity contribution in [1.82, 2.24) is 0 Å². The lowest BCUT2D eigenvalue weighted by molar-refractivity contribution is -0.139. The van der Waals surface area contributed by atoms with Crippen LogP contribution in [0.1, 0.15) is 11.1 Å². The molecule has 0 aliphatic heterocycles. The van der Waals surface area contributed by atoms with Crippen LogP contribution in [0.15, 0.2) is 30.3 Å². The van der Waals surface area contributed by atoms with Gasteiger partial charge >= 0.3 is 5.97 Å². The van der Waals surface area contributed by atoms with Crippen molar-refractivity contribution in [1.29, 1.82) is 0 Å². The van der Waals surface area contributed by atoms with Crippen LogP contribution in [0.2, 0.25) is 0 Å². The van der Waals surface area contributed by atoms with Gasteiger partial charge in [-0.25, -0.2) is 0 Å². The number of methoxy groups -OCH3 is 1. The maximum Gasteiger partial charge on any atom is 0.309 e. The van der Waals surface area contributed by atoms with Gasteiger partial charge in [-0.3, -0.25) is 4.79 Å². The Kier molecular flexibility index (Phi) is 4.57. The Bertz CT molecular complexity index is 358. The molecular weight excluding hydrogens is 190 g/mol. The van der Waals surface area contributed by atoms with Crippen LogP contribution in [-0.2, 0) is 16.0 Å². The lowest BCUT2D eigenvalue weighted by Crippen LogP contribution is -2.05. The van der Waals surface area contributed by atoms with E-state index in [9.17, 15) is 4.79 Å². The highest BCUT2D eigenvalue weighted by atomic mass is 16.5. The zero-order valence-corrected chi connectivity index (χ0v) is 8.77. The predicted molar refractivity (Wildman–Crippen MR) is 60.3 cm³/mol. The van der Waals surface area contributed by atoms with E-state index in [4.69, 9.17) is 5.73 Å². The lowest BCUT2D eigenvalue weighted by Gasteiger charge is -2.04. The Balaban J connectivity index is 2.86. The Morgan fingerprint density at radius 2 is 2.20 bits per heavy atom. The quantitative estimate of drug-likeness (QED) is 0.755. The molecule has 0 saturated carbocycles. The minimum atomic E-state index is -0.233. The van der Waals surface area contributed by atoms with E-state index in [1.165, 1.54) is 7.11 Å². The number of carbonyl (C=O) groups is 1. The minimum Gasteiger partial charge on any atom is -0.469 e. The molecule has 0 atom stereocenters. The summed E-state index contributed by atoms with van der Waals surface area (Å²) in [5, 5.41) is 0. The first-order chi connectivity index (χ1) is 7.27. The molecule has 15 heavy (non-hydrogen) atoms. The lowest BCUT2D eigenvalue weighted by atomic mass is 10.0. The van der Waals surface area contributed by atoms with Crippen molar-refractivity contribution in [2.45, 2.75) is 6.42 Å². The maximum absolute atomic E-state index is 11.1. The van der Waals surface area contributed by atoms with Gasteiger partial charge in [0, 0.05) is 6.54 Å². The summed E-state index contributed by atoms with van der Waals surface area (Å²) in [7, 11) is 1.39. The van der Waals surface area contributed by atoms with E-state index in [1.54, 1.807) is 0 Å². The van der Waals surface area contributed by atoms with Gasteiger partial charge in [-0.05, 0) is 11.1 Å². The molecule has 3 heteroatoms. The van der Waals surface area contributed by atoms with Crippen LogP contribution in [0.4, 0.5) is 0 Å². The summed E-state index contributed by atoms with van der Waals surface area (Å²) in [6.45, 7) is 0.493. The first kappa shape index (κ1) is 11.5. The van der Waals surface area contributed by atoms with Gasteiger partial charge in [0.2, 0.25) is 0 Å². The van der Waals surface area contributed by atoms with Crippen molar-refractivity contribution < 1.29 is 9.53 Å².